The SMILES string of the molecule is O=C(Nc1cccc(Cl)c1N1CCOCC1)c1oc2ccccc2c1CSc1ncccn1. The van der Waals surface area contributed by atoms with Crippen molar-refractivity contribution in [3.05, 3.63) is 77.3 Å². The maximum absolute atomic E-state index is 13.4. The fraction of sp³-hybridized carbons (Fsp3) is 0.208. The topological polar surface area (TPSA) is 80.5 Å². The van der Waals surface area contributed by atoms with Crippen molar-refractivity contribution in [2.24, 2.45) is 0 Å². The number of amides is 1. The molecule has 1 amide bonds. The van der Waals surface area contributed by atoms with E-state index in [0.717, 1.165) is 16.6 Å². The number of rotatable bonds is 6. The highest BCUT2D eigenvalue weighted by atomic mass is 35.5. The first-order chi connectivity index (χ1) is 16.2. The van der Waals surface area contributed by atoms with Gasteiger partial charge in [-0.15, -0.1) is 0 Å². The number of benzene rings is 2. The second-order valence-corrected chi connectivity index (χ2v) is 8.77. The number of carbonyl (C=O) groups is 1. The second kappa shape index (κ2) is 9.82. The Labute approximate surface area is 200 Å². The lowest BCUT2D eigenvalue weighted by Crippen LogP contribution is -2.37. The van der Waals surface area contributed by atoms with Crippen molar-refractivity contribution in [3.8, 4) is 0 Å². The molecule has 33 heavy (non-hydrogen) atoms. The predicted octanol–water partition coefficient (Wildman–Crippen LogP) is 5.26. The first-order valence-corrected chi connectivity index (χ1v) is 11.9. The molecule has 2 aromatic carbocycles. The van der Waals surface area contributed by atoms with Crippen LogP contribution in [0.3, 0.4) is 0 Å². The Morgan fingerprint density at radius 2 is 1.85 bits per heavy atom. The summed E-state index contributed by atoms with van der Waals surface area (Å²) in [7, 11) is 0. The van der Waals surface area contributed by atoms with Gasteiger partial charge in [0.05, 0.1) is 29.6 Å². The van der Waals surface area contributed by atoms with Crippen molar-refractivity contribution in [2.45, 2.75) is 10.9 Å². The lowest BCUT2D eigenvalue weighted by Gasteiger charge is -2.31. The monoisotopic (exact) mass is 480 g/mol. The molecule has 9 heteroatoms. The minimum Gasteiger partial charge on any atom is -0.451 e. The molecule has 0 saturated carbocycles. The molecule has 0 unspecified atom stereocenters. The average Bonchev–Trinajstić information content (AvgIpc) is 3.23. The van der Waals surface area contributed by atoms with Gasteiger partial charge in [0.2, 0.25) is 0 Å². The normalized spacial score (nSPS) is 13.9. The van der Waals surface area contributed by atoms with E-state index in [1.807, 2.05) is 42.5 Å². The van der Waals surface area contributed by atoms with Gasteiger partial charge in [-0.05, 0) is 24.3 Å². The summed E-state index contributed by atoms with van der Waals surface area (Å²) < 4.78 is 11.5. The minimum absolute atomic E-state index is 0.271. The molecule has 1 saturated heterocycles. The molecule has 4 aromatic rings. The first kappa shape index (κ1) is 21.8. The number of hydrogen-bond donors (Lipinski definition) is 1. The second-order valence-electron chi connectivity index (χ2n) is 7.42. The number of hydrogen-bond acceptors (Lipinski definition) is 7. The van der Waals surface area contributed by atoms with E-state index in [1.165, 1.54) is 11.8 Å². The summed E-state index contributed by atoms with van der Waals surface area (Å²) in [6.45, 7) is 2.64. The molecule has 7 nitrogen and oxygen atoms in total. The molecule has 3 heterocycles. The predicted molar refractivity (Wildman–Crippen MR) is 130 cm³/mol. The summed E-state index contributed by atoms with van der Waals surface area (Å²) in [6.07, 6.45) is 3.39. The van der Waals surface area contributed by atoms with E-state index in [0.29, 0.717) is 53.5 Å². The molecule has 2 aromatic heterocycles. The van der Waals surface area contributed by atoms with Crippen LogP contribution in [0.25, 0.3) is 11.0 Å². The molecule has 1 fully saturated rings. The molecule has 0 spiro atoms. The van der Waals surface area contributed by atoms with Crippen LogP contribution in [-0.2, 0) is 10.5 Å². The van der Waals surface area contributed by atoms with Crippen LogP contribution in [0.15, 0.2) is 70.5 Å². The number of ether oxygens (including phenoxy) is 1. The molecule has 0 aliphatic carbocycles. The third kappa shape index (κ3) is 4.68. The summed E-state index contributed by atoms with van der Waals surface area (Å²) in [5.74, 6) is 0.440. The van der Waals surface area contributed by atoms with Crippen molar-refractivity contribution < 1.29 is 13.9 Å². The number of para-hydroxylation sites is 2. The molecule has 0 bridgehead atoms. The molecule has 5 rings (SSSR count). The minimum atomic E-state index is -0.326. The molecule has 1 N–H and O–H groups in total. The standard InChI is InChI=1S/C24H21ClN4O3S/c25-18-6-3-7-19(21(18)29-11-13-31-14-12-29)28-23(30)22-17(15-33-24-26-9-4-10-27-24)16-5-1-2-8-20(16)32-22/h1-10H,11-15H2,(H,28,30). The van der Waals surface area contributed by atoms with Crippen molar-refractivity contribution in [1.82, 2.24) is 9.97 Å². The summed E-state index contributed by atoms with van der Waals surface area (Å²) in [6, 6.07) is 14.9. The zero-order valence-electron chi connectivity index (χ0n) is 17.7. The van der Waals surface area contributed by atoms with Gasteiger partial charge in [-0.25, -0.2) is 9.97 Å². The van der Waals surface area contributed by atoms with Crippen molar-refractivity contribution in [1.29, 1.82) is 0 Å². The lowest BCUT2D eigenvalue weighted by molar-refractivity contribution is 0.0998. The van der Waals surface area contributed by atoms with E-state index in [1.54, 1.807) is 18.5 Å². The third-order valence-corrected chi connectivity index (χ3v) is 6.56. The largest absolute Gasteiger partial charge is 0.451 e. The van der Waals surface area contributed by atoms with Crippen molar-refractivity contribution in [3.63, 3.8) is 0 Å². The van der Waals surface area contributed by atoms with Gasteiger partial charge in [0.1, 0.15) is 5.58 Å². The average molecular weight is 481 g/mol. The van der Waals surface area contributed by atoms with Crippen LogP contribution >= 0.6 is 23.4 Å². The van der Waals surface area contributed by atoms with Crippen LogP contribution in [0.1, 0.15) is 16.1 Å². The Bertz CT molecular complexity index is 1280. The molecule has 168 valence electrons. The number of morpholine rings is 1. The molecule has 0 radical (unpaired) electrons. The Balaban J connectivity index is 1.46. The van der Waals surface area contributed by atoms with E-state index in [-0.39, 0.29) is 11.7 Å². The number of nitrogens with one attached hydrogen (secondary N) is 1. The van der Waals surface area contributed by atoms with Crippen LogP contribution in [0.5, 0.6) is 0 Å². The van der Waals surface area contributed by atoms with E-state index in [9.17, 15) is 4.79 Å². The highest BCUT2D eigenvalue weighted by Gasteiger charge is 2.24. The Morgan fingerprint density at radius 1 is 1.06 bits per heavy atom. The highest BCUT2D eigenvalue weighted by molar-refractivity contribution is 7.98. The Morgan fingerprint density at radius 3 is 2.67 bits per heavy atom. The zero-order chi connectivity index (χ0) is 22.6. The lowest BCUT2D eigenvalue weighted by atomic mass is 10.1. The number of aromatic nitrogens is 2. The summed E-state index contributed by atoms with van der Waals surface area (Å²) >= 11 is 7.98. The molecular formula is C24H21ClN4O3S. The third-order valence-electron chi connectivity index (χ3n) is 5.35. The molecule has 0 atom stereocenters. The van der Waals surface area contributed by atoms with Crippen LogP contribution < -0.4 is 10.2 Å². The molecule has 1 aliphatic rings. The van der Waals surface area contributed by atoms with Crippen molar-refractivity contribution >= 4 is 51.6 Å². The van der Waals surface area contributed by atoms with Crippen LogP contribution in [0.4, 0.5) is 11.4 Å². The van der Waals surface area contributed by atoms with E-state index in [2.05, 4.69) is 20.2 Å². The van der Waals surface area contributed by atoms with E-state index >= 15 is 0 Å². The van der Waals surface area contributed by atoms with E-state index < -0.39 is 0 Å². The van der Waals surface area contributed by atoms with Gasteiger partial charge in [0.25, 0.3) is 5.91 Å². The number of carbonyl (C=O) groups excluding carboxylic acids is 1. The summed E-state index contributed by atoms with van der Waals surface area (Å²) in [5.41, 5.74) is 2.89. The van der Waals surface area contributed by atoms with E-state index in [4.69, 9.17) is 20.8 Å². The van der Waals surface area contributed by atoms with Gasteiger partial charge in [0.15, 0.2) is 10.9 Å². The van der Waals surface area contributed by atoms with Gasteiger partial charge >= 0.3 is 0 Å². The fourth-order valence-corrected chi connectivity index (χ4v) is 4.95. The van der Waals surface area contributed by atoms with Gasteiger partial charge in [-0.2, -0.15) is 0 Å². The smallest absolute Gasteiger partial charge is 0.291 e. The highest BCUT2D eigenvalue weighted by Crippen LogP contribution is 2.36. The number of nitrogens with zero attached hydrogens (tertiary/aromatic N) is 3. The van der Waals surface area contributed by atoms with Crippen LogP contribution in [-0.4, -0.2) is 42.2 Å². The number of anilines is 2. The maximum atomic E-state index is 13.4. The van der Waals surface area contributed by atoms with Gasteiger partial charge < -0.3 is 19.4 Å². The molecular weight excluding hydrogens is 460 g/mol. The quantitative estimate of drug-likeness (QED) is 0.298. The number of furan rings is 1. The molecule has 1 aliphatic heterocycles. The maximum Gasteiger partial charge on any atom is 0.291 e. The Kier molecular flexibility index (Phi) is 6.48. The number of fused-ring (bicyclic) bond motifs is 1. The van der Waals surface area contributed by atoms with Gasteiger partial charge in [-0.1, -0.05) is 47.6 Å². The van der Waals surface area contributed by atoms with Crippen LogP contribution in [0, 0.1) is 0 Å². The zero-order valence-corrected chi connectivity index (χ0v) is 19.2. The van der Waals surface area contributed by atoms with Crippen LogP contribution in [0.2, 0.25) is 5.02 Å². The Hall–Kier alpha value is -3.07. The summed E-state index contributed by atoms with van der Waals surface area (Å²) in [5, 5.41) is 5.14. The van der Waals surface area contributed by atoms with Gasteiger partial charge in [0, 0.05) is 42.2 Å². The van der Waals surface area contributed by atoms with Gasteiger partial charge in [-0.3, -0.25) is 4.79 Å². The number of halogens is 1. The summed E-state index contributed by atoms with van der Waals surface area (Å²) in [4.78, 5) is 24.1. The number of thioether (sulfide) groups is 1. The van der Waals surface area contributed by atoms with Crippen molar-refractivity contribution in [2.75, 3.05) is 36.5 Å². The first-order valence-electron chi connectivity index (χ1n) is 10.5. The fourth-order valence-electron chi connectivity index (χ4n) is 3.83.